The Kier molecular flexibility index (Phi) is 4.57. The number of likely N-dealkylation sites (tertiary alicyclic amines) is 1. The average molecular weight is 345 g/mol. The molecule has 1 fully saturated rings. The van der Waals surface area contributed by atoms with E-state index in [9.17, 15) is 4.79 Å². The predicted octanol–water partition coefficient (Wildman–Crippen LogP) is 4.61. The number of rotatable bonds is 1. The minimum absolute atomic E-state index is 0.100. The van der Waals surface area contributed by atoms with Crippen LogP contribution in [0.15, 0.2) is 22.7 Å². The molecule has 0 radical (unpaired) electrons. The van der Waals surface area contributed by atoms with Crippen molar-refractivity contribution in [2.45, 2.75) is 33.2 Å². The highest BCUT2D eigenvalue weighted by Gasteiger charge is 2.32. The van der Waals surface area contributed by atoms with Crippen LogP contribution in [0.3, 0.4) is 0 Å². The van der Waals surface area contributed by atoms with Gasteiger partial charge in [0.25, 0.3) is 5.91 Å². The molecule has 0 aromatic heterocycles. The maximum Gasteiger partial charge on any atom is 0.254 e. The summed E-state index contributed by atoms with van der Waals surface area (Å²) in [6.45, 7) is 7.41. The lowest BCUT2D eigenvalue weighted by Gasteiger charge is -2.41. The summed E-state index contributed by atoms with van der Waals surface area (Å²) in [5.74, 6) is 1.21. The monoisotopic (exact) mass is 343 g/mol. The lowest BCUT2D eigenvalue weighted by molar-refractivity contribution is 0.0455. The van der Waals surface area contributed by atoms with Gasteiger partial charge in [0.15, 0.2) is 0 Å². The Morgan fingerprint density at radius 3 is 2.68 bits per heavy atom. The summed E-state index contributed by atoms with van der Waals surface area (Å²) in [6, 6.07) is 5.66. The van der Waals surface area contributed by atoms with Crippen LogP contribution in [0.5, 0.6) is 0 Å². The Morgan fingerprint density at radius 2 is 2.05 bits per heavy atom. The first-order chi connectivity index (χ1) is 8.90. The van der Waals surface area contributed by atoms with E-state index in [1.165, 1.54) is 6.42 Å². The number of hydrogen-bond donors (Lipinski definition) is 0. The van der Waals surface area contributed by atoms with Crippen molar-refractivity contribution in [3.8, 4) is 0 Å². The molecule has 1 aliphatic rings. The molecular weight excluding hydrogens is 326 g/mol. The van der Waals surface area contributed by atoms with Gasteiger partial charge in [-0.25, -0.2) is 0 Å². The SMILES string of the molecule is CC1CC(C)C(C)N(C(=O)c2ccc(Cl)c(Br)c2)C1. The van der Waals surface area contributed by atoms with Crippen molar-refractivity contribution in [2.24, 2.45) is 11.8 Å². The third-order valence-corrected chi connectivity index (χ3v) is 5.24. The maximum absolute atomic E-state index is 12.6. The van der Waals surface area contributed by atoms with Crippen LogP contribution in [0.2, 0.25) is 5.02 Å². The molecule has 1 saturated heterocycles. The van der Waals surface area contributed by atoms with E-state index < -0.39 is 0 Å². The van der Waals surface area contributed by atoms with Gasteiger partial charge >= 0.3 is 0 Å². The molecule has 2 nitrogen and oxygen atoms in total. The summed E-state index contributed by atoms with van der Waals surface area (Å²) >= 11 is 9.35. The Hall–Kier alpha value is -0.540. The quantitative estimate of drug-likeness (QED) is 0.728. The second-order valence-electron chi connectivity index (χ2n) is 5.65. The van der Waals surface area contributed by atoms with Crippen LogP contribution >= 0.6 is 27.5 Å². The first-order valence-corrected chi connectivity index (χ1v) is 7.83. The van der Waals surface area contributed by atoms with E-state index >= 15 is 0 Å². The van der Waals surface area contributed by atoms with Gasteiger partial charge in [0.05, 0.1) is 5.02 Å². The molecule has 1 aliphatic heterocycles. The zero-order chi connectivity index (χ0) is 14.2. The van der Waals surface area contributed by atoms with Crippen molar-refractivity contribution < 1.29 is 4.79 Å². The molecule has 0 aliphatic carbocycles. The molecule has 3 unspecified atom stereocenters. The van der Waals surface area contributed by atoms with Gasteiger partial charge in [0.1, 0.15) is 0 Å². The molecule has 2 rings (SSSR count). The minimum Gasteiger partial charge on any atom is -0.335 e. The summed E-state index contributed by atoms with van der Waals surface area (Å²) in [7, 11) is 0. The van der Waals surface area contributed by atoms with Crippen molar-refractivity contribution in [1.29, 1.82) is 0 Å². The molecule has 1 amide bonds. The van der Waals surface area contributed by atoms with Crippen molar-refractivity contribution >= 4 is 33.4 Å². The second kappa shape index (κ2) is 5.84. The molecule has 0 N–H and O–H groups in total. The Bertz CT molecular complexity index is 491. The van der Waals surface area contributed by atoms with E-state index in [0.29, 0.717) is 22.4 Å². The summed E-state index contributed by atoms with van der Waals surface area (Å²) in [5, 5.41) is 0.630. The lowest BCUT2D eigenvalue weighted by Crippen LogP contribution is -2.48. The zero-order valence-electron chi connectivity index (χ0n) is 11.5. The normalized spacial score (nSPS) is 27.4. The van der Waals surface area contributed by atoms with Gasteiger partial charge in [-0.3, -0.25) is 4.79 Å². The highest BCUT2D eigenvalue weighted by atomic mass is 79.9. The number of hydrogen-bond acceptors (Lipinski definition) is 1. The maximum atomic E-state index is 12.6. The fourth-order valence-corrected chi connectivity index (χ4v) is 3.27. The van der Waals surface area contributed by atoms with E-state index in [2.05, 4.69) is 36.7 Å². The first kappa shape index (κ1) is 14.9. The Morgan fingerprint density at radius 1 is 1.37 bits per heavy atom. The molecule has 1 aromatic carbocycles. The number of carbonyl (C=O) groups excluding carboxylic acids is 1. The highest BCUT2D eigenvalue weighted by Crippen LogP contribution is 2.29. The Balaban J connectivity index is 2.24. The van der Waals surface area contributed by atoms with Crippen LogP contribution in [0, 0.1) is 11.8 Å². The molecule has 0 spiro atoms. The molecule has 1 heterocycles. The smallest absolute Gasteiger partial charge is 0.254 e. The predicted molar refractivity (Wildman–Crippen MR) is 82.6 cm³/mol. The number of amides is 1. The second-order valence-corrected chi connectivity index (χ2v) is 6.91. The van der Waals surface area contributed by atoms with Crippen molar-refractivity contribution in [1.82, 2.24) is 4.90 Å². The molecule has 19 heavy (non-hydrogen) atoms. The van der Waals surface area contributed by atoms with Gasteiger partial charge in [0, 0.05) is 22.6 Å². The topological polar surface area (TPSA) is 20.3 Å². The van der Waals surface area contributed by atoms with Crippen molar-refractivity contribution in [3.63, 3.8) is 0 Å². The molecule has 3 atom stereocenters. The minimum atomic E-state index is 0.100. The highest BCUT2D eigenvalue weighted by molar-refractivity contribution is 9.10. The molecule has 1 aromatic rings. The molecular formula is C15H19BrClNO. The molecule has 104 valence electrons. The summed E-state index contributed by atoms with van der Waals surface area (Å²) in [6.07, 6.45) is 1.19. The van der Waals surface area contributed by atoms with Gasteiger partial charge < -0.3 is 4.90 Å². The summed E-state index contributed by atoms with van der Waals surface area (Å²) < 4.78 is 0.769. The van der Waals surface area contributed by atoms with Crippen LogP contribution in [0.25, 0.3) is 0 Å². The van der Waals surface area contributed by atoms with Crippen LogP contribution in [0.1, 0.15) is 37.6 Å². The lowest BCUT2D eigenvalue weighted by atomic mass is 9.85. The molecule has 0 saturated carbocycles. The van der Waals surface area contributed by atoms with Gasteiger partial charge in [0.2, 0.25) is 0 Å². The first-order valence-electron chi connectivity index (χ1n) is 6.66. The Labute approximate surface area is 128 Å². The van der Waals surface area contributed by atoms with E-state index in [4.69, 9.17) is 11.6 Å². The fourth-order valence-electron chi connectivity index (χ4n) is 2.78. The standard InChI is InChI=1S/C15H19BrClNO/c1-9-6-10(2)11(3)18(8-9)15(19)12-4-5-14(17)13(16)7-12/h4-5,7,9-11H,6,8H2,1-3H3. The number of carbonyl (C=O) groups is 1. The average Bonchev–Trinajstić information content (AvgIpc) is 2.36. The van der Waals surface area contributed by atoms with E-state index in [1.807, 2.05) is 4.90 Å². The van der Waals surface area contributed by atoms with E-state index in [0.717, 1.165) is 11.0 Å². The molecule has 4 heteroatoms. The largest absolute Gasteiger partial charge is 0.335 e. The number of halogens is 2. The van der Waals surface area contributed by atoms with Crippen LogP contribution in [-0.4, -0.2) is 23.4 Å². The van der Waals surface area contributed by atoms with Crippen LogP contribution in [-0.2, 0) is 0 Å². The fraction of sp³-hybridized carbons (Fsp3) is 0.533. The van der Waals surface area contributed by atoms with Gasteiger partial charge in [-0.2, -0.15) is 0 Å². The van der Waals surface area contributed by atoms with E-state index in [-0.39, 0.29) is 11.9 Å². The van der Waals surface area contributed by atoms with Crippen LogP contribution < -0.4 is 0 Å². The summed E-state index contributed by atoms with van der Waals surface area (Å²) in [4.78, 5) is 14.6. The van der Waals surface area contributed by atoms with Gasteiger partial charge in [-0.1, -0.05) is 25.4 Å². The number of nitrogens with zero attached hydrogens (tertiary/aromatic N) is 1. The number of piperidine rings is 1. The summed E-state index contributed by atoms with van der Waals surface area (Å²) in [5.41, 5.74) is 0.699. The van der Waals surface area contributed by atoms with E-state index in [1.54, 1.807) is 18.2 Å². The zero-order valence-corrected chi connectivity index (χ0v) is 13.8. The van der Waals surface area contributed by atoms with Crippen molar-refractivity contribution in [2.75, 3.05) is 6.54 Å². The van der Waals surface area contributed by atoms with Gasteiger partial charge in [-0.15, -0.1) is 0 Å². The molecule has 0 bridgehead atoms. The van der Waals surface area contributed by atoms with Crippen molar-refractivity contribution in [3.05, 3.63) is 33.3 Å². The van der Waals surface area contributed by atoms with Gasteiger partial charge in [-0.05, 0) is 59.3 Å². The van der Waals surface area contributed by atoms with Crippen LogP contribution in [0.4, 0.5) is 0 Å². The third kappa shape index (κ3) is 3.14. The number of benzene rings is 1. The third-order valence-electron chi connectivity index (χ3n) is 4.03.